The van der Waals surface area contributed by atoms with Crippen molar-refractivity contribution in [2.75, 3.05) is 7.05 Å². The Morgan fingerprint density at radius 1 is 1.17 bits per heavy atom. The summed E-state index contributed by atoms with van der Waals surface area (Å²) < 4.78 is 10.6. The van der Waals surface area contributed by atoms with Crippen LogP contribution in [0.4, 0.5) is 0 Å². The van der Waals surface area contributed by atoms with E-state index in [2.05, 4.69) is 29.4 Å². The minimum Gasteiger partial charge on any atom is -0.468 e. The number of esters is 1. The first-order chi connectivity index (χ1) is 11.6. The molecule has 0 radical (unpaired) electrons. The van der Waals surface area contributed by atoms with Gasteiger partial charge in [-0.05, 0) is 37.2 Å². The molecule has 24 heavy (non-hydrogen) atoms. The summed E-state index contributed by atoms with van der Waals surface area (Å²) in [6, 6.07) is 12.0. The number of nitrogens with zero attached hydrogens (tertiary/aromatic N) is 1. The largest absolute Gasteiger partial charge is 0.468 e. The second-order valence-corrected chi connectivity index (χ2v) is 6.44. The molecule has 1 aliphatic heterocycles. The van der Waals surface area contributed by atoms with Gasteiger partial charge >= 0.3 is 5.97 Å². The number of rotatable bonds is 7. The van der Waals surface area contributed by atoms with E-state index in [4.69, 9.17) is 9.15 Å². The first-order valence-corrected chi connectivity index (χ1v) is 8.33. The number of hydrogen-bond acceptors (Lipinski definition) is 5. The Balaban J connectivity index is 1.59. The third-order valence-corrected chi connectivity index (χ3v) is 4.27. The van der Waals surface area contributed by atoms with Gasteiger partial charge in [0.1, 0.15) is 17.9 Å². The summed E-state index contributed by atoms with van der Waals surface area (Å²) in [6.45, 7) is 4.18. The molecule has 0 saturated carbocycles. The molecule has 1 aliphatic rings. The highest BCUT2D eigenvalue weighted by Gasteiger charge is 2.31. The van der Waals surface area contributed by atoms with Crippen molar-refractivity contribution in [3.8, 4) is 0 Å². The number of benzene rings is 1. The van der Waals surface area contributed by atoms with E-state index >= 15 is 0 Å². The minimum atomic E-state index is -0.200. The summed E-state index contributed by atoms with van der Waals surface area (Å²) in [4.78, 5) is 14.0. The maximum atomic E-state index is 11.7. The standard InChI is InChI=1S/C19H24N2O3/c1-14-10-18(19(22)24-14)20-11-15-6-3-4-7-16(15)12-21(2)13-17-8-5-9-23-17/h3-9,14,18,20H,10-13H2,1-2H3/t14-,18-/m1/s1. The third-order valence-electron chi connectivity index (χ3n) is 4.27. The zero-order chi connectivity index (χ0) is 16.9. The maximum Gasteiger partial charge on any atom is 0.323 e. The van der Waals surface area contributed by atoms with E-state index in [0.717, 1.165) is 25.3 Å². The predicted molar refractivity (Wildman–Crippen MR) is 91.1 cm³/mol. The number of carbonyl (C=O) groups is 1. The molecule has 1 N–H and O–H groups in total. The molecule has 1 saturated heterocycles. The van der Waals surface area contributed by atoms with Crippen molar-refractivity contribution in [2.45, 2.75) is 45.1 Å². The van der Waals surface area contributed by atoms with E-state index in [1.165, 1.54) is 11.1 Å². The van der Waals surface area contributed by atoms with Crippen LogP contribution in [0.15, 0.2) is 47.1 Å². The fraction of sp³-hybridized carbons (Fsp3) is 0.421. The van der Waals surface area contributed by atoms with Gasteiger partial charge in [0.25, 0.3) is 0 Å². The quantitative estimate of drug-likeness (QED) is 0.792. The molecular weight excluding hydrogens is 304 g/mol. The van der Waals surface area contributed by atoms with Gasteiger partial charge in [0, 0.05) is 19.5 Å². The van der Waals surface area contributed by atoms with Crippen LogP contribution < -0.4 is 5.32 Å². The highest BCUT2D eigenvalue weighted by Crippen LogP contribution is 2.17. The number of ether oxygens (including phenoxy) is 1. The van der Waals surface area contributed by atoms with Crippen molar-refractivity contribution in [3.63, 3.8) is 0 Å². The Kier molecular flexibility index (Phi) is 5.33. The molecule has 0 unspecified atom stereocenters. The molecule has 2 atom stereocenters. The van der Waals surface area contributed by atoms with E-state index in [1.807, 2.05) is 31.2 Å². The van der Waals surface area contributed by atoms with Crippen molar-refractivity contribution < 1.29 is 13.9 Å². The molecule has 2 heterocycles. The van der Waals surface area contributed by atoms with E-state index in [0.29, 0.717) is 6.54 Å². The lowest BCUT2D eigenvalue weighted by molar-refractivity contribution is -0.142. The van der Waals surface area contributed by atoms with Gasteiger partial charge < -0.3 is 14.5 Å². The summed E-state index contributed by atoms with van der Waals surface area (Å²) in [7, 11) is 2.07. The van der Waals surface area contributed by atoms with Gasteiger partial charge in [-0.25, -0.2) is 0 Å². The maximum absolute atomic E-state index is 11.7. The van der Waals surface area contributed by atoms with Gasteiger partial charge in [-0.2, -0.15) is 0 Å². The number of furan rings is 1. The van der Waals surface area contributed by atoms with Crippen molar-refractivity contribution in [3.05, 3.63) is 59.5 Å². The van der Waals surface area contributed by atoms with E-state index in [-0.39, 0.29) is 18.1 Å². The van der Waals surface area contributed by atoms with Crippen molar-refractivity contribution in [2.24, 2.45) is 0 Å². The Hall–Kier alpha value is -2.11. The van der Waals surface area contributed by atoms with Crippen LogP contribution >= 0.6 is 0 Å². The smallest absolute Gasteiger partial charge is 0.323 e. The number of cyclic esters (lactones) is 1. The van der Waals surface area contributed by atoms with Crippen molar-refractivity contribution in [1.82, 2.24) is 10.2 Å². The van der Waals surface area contributed by atoms with Crippen LogP contribution in [-0.4, -0.2) is 30.1 Å². The SMILES string of the molecule is C[C@@H]1C[C@@H](NCc2ccccc2CN(C)Cc2ccco2)C(=O)O1. The van der Waals surface area contributed by atoms with Crippen LogP contribution in [0, 0.1) is 0 Å². The summed E-state index contributed by atoms with van der Waals surface area (Å²) in [5.74, 6) is 0.811. The van der Waals surface area contributed by atoms with E-state index < -0.39 is 0 Å². The van der Waals surface area contributed by atoms with Crippen LogP contribution in [0.1, 0.15) is 30.2 Å². The van der Waals surface area contributed by atoms with Gasteiger partial charge in [0.05, 0.1) is 12.8 Å². The van der Waals surface area contributed by atoms with Gasteiger partial charge in [0.2, 0.25) is 0 Å². The van der Waals surface area contributed by atoms with Crippen molar-refractivity contribution in [1.29, 1.82) is 0 Å². The van der Waals surface area contributed by atoms with Gasteiger partial charge in [-0.15, -0.1) is 0 Å². The molecule has 3 rings (SSSR count). The van der Waals surface area contributed by atoms with E-state index in [9.17, 15) is 4.79 Å². The number of nitrogens with one attached hydrogen (secondary N) is 1. The molecule has 2 aromatic rings. The average Bonchev–Trinajstić information content (AvgIpc) is 3.16. The second-order valence-electron chi connectivity index (χ2n) is 6.44. The van der Waals surface area contributed by atoms with Gasteiger partial charge in [-0.1, -0.05) is 24.3 Å². The molecule has 5 nitrogen and oxygen atoms in total. The fourth-order valence-electron chi connectivity index (χ4n) is 3.06. The van der Waals surface area contributed by atoms with Gasteiger partial charge in [0.15, 0.2) is 0 Å². The normalized spacial score (nSPS) is 20.5. The zero-order valence-electron chi connectivity index (χ0n) is 14.2. The Bertz CT molecular complexity index is 669. The molecule has 128 valence electrons. The van der Waals surface area contributed by atoms with Crippen LogP contribution in [-0.2, 0) is 29.2 Å². The Morgan fingerprint density at radius 3 is 2.62 bits per heavy atom. The Morgan fingerprint density at radius 2 is 1.96 bits per heavy atom. The van der Waals surface area contributed by atoms with Crippen LogP contribution in [0.3, 0.4) is 0 Å². The first-order valence-electron chi connectivity index (χ1n) is 8.33. The molecule has 0 amide bonds. The lowest BCUT2D eigenvalue weighted by Crippen LogP contribution is -2.33. The molecule has 0 spiro atoms. The van der Waals surface area contributed by atoms with Crippen LogP contribution in [0.25, 0.3) is 0 Å². The second kappa shape index (κ2) is 7.64. The first kappa shape index (κ1) is 16.7. The molecule has 1 fully saturated rings. The van der Waals surface area contributed by atoms with Gasteiger partial charge in [-0.3, -0.25) is 9.69 Å². The monoisotopic (exact) mass is 328 g/mol. The predicted octanol–water partition coefficient (Wildman–Crippen LogP) is 2.71. The lowest BCUT2D eigenvalue weighted by atomic mass is 10.1. The zero-order valence-corrected chi connectivity index (χ0v) is 14.2. The fourth-order valence-corrected chi connectivity index (χ4v) is 3.06. The van der Waals surface area contributed by atoms with Crippen molar-refractivity contribution >= 4 is 5.97 Å². The Labute approximate surface area is 142 Å². The highest BCUT2D eigenvalue weighted by molar-refractivity contribution is 5.77. The topological polar surface area (TPSA) is 54.7 Å². The van der Waals surface area contributed by atoms with Crippen LogP contribution in [0.5, 0.6) is 0 Å². The summed E-state index contributed by atoms with van der Waals surface area (Å²) >= 11 is 0. The molecule has 1 aromatic heterocycles. The lowest BCUT2D eigenvalue weighted by Gasteiger charge is -2.18. The molecule has 5 heteroatoms. The molecule has 0 aliphatic carbocycles. The third kappa shape index (κ3) is 4.24. The summed E-state index contributed by atoms with van der Waals surface area (Å²) in [6.07, 6.45) is 2.44. The van der Waals surface area contributed by atoms with Crippen LogP contribution in [0.2, 0.25) is 0 Å². The highest BCUT2D eigenvalue weighted by atomic mass is 16.6. The summed E-state index contributed by atoms with van der Waals surface area (Å²) in [5, 5.41) is 3.33. The molecule has 1 aromatic carbocycles. The average molecular weight is 328 g/mol. The number of hydrogen-bond donors (Lipinski definition) is 1. The molecule has 0 bridgehead atoms. The van der Waals surface area contributed by atoms with E-state index in [1.54, 1.807) is 6.26 Å². The summed E-state index contributed by atoms with van der Waals surface area (Å²) in [5.41, 5.74) is 2.45. The number of carbonyl (C=O) groups excluding carboxylic acids is 1. The minimum absolute atomic E-state index is 0.00433. The molecular formula is C19H24N2O3.